The van der Waals surface area contributed by atoms with Crippen LogP contribution >= 0.6 is 9.24 Å². The highest BCUT2D eigenvalue weighted by atomic mass is 31.0. The zero-order valence-corrected chi connectivity index (χ0v) is 19.0. The van der Waals surface area contributed by atoms with Crippen LogP contribution in [0.15, 0.2) is 36.4 Å². The number of H-pyrrole nitrogens is 1. The van der Waals surface area contributed by atoms with Gasteiger partial charge in [-0.1, -0.05) is 36.1 Å². The quantitative estimate of drug-likeness (QED) is 0.572. The van der Waals surface area contributed by atoms with Crippen molar-refractivity contribution in [2.75, 3.05) is 12.1 Å². The van der Waals surface area contributed by atoms with Crippen LogP contribution < -0.4 is 14.8 Å². The van der Waals surface area contributed by atoms with Gasteiger partial charge in [0.1, 0.15) is 0 Å². The lowest BCUT2D eigenvalue weighted by Crippen LogP contribution is -2.27. The summed E-state index contributed by atoms with van der Waals surface area (Å²) in [6.07, 6.45) is 1.54. The van der Waals surface area contributed by atoms with Crippen molar-refractivity contribution in [3.8, 4) is 11.5 Å². The molecule has 1 atom stereocenters. The van der Waals surface area contributed by atoms with Crippen LogP contribution in [0.4, 0.5) is 5.69 Å². The van der Waals surface area contributed by atoms with Gasteiger partial charge < -0.3 is 19.8 Å². The third-order valence-electron chi connectivity index (χ3n) is 6.17. The molecule has 0 bridgehead atoms. The molecule has 1 amide bonds. The van der Waals surface area contributed by atoms with Gasteiger partial charge >= 0.3 is 0 Å². The fraction of sp³-hybridized carbons (Fsp3) is 0.333. The molecule has 0 saturated heterocycles. The smallest absolute Gasteiger partial charge is 0.235 e. The molecule has 1 aliphatic heterocycles. The maximum Gasteiger partial charge on any atom is 0.235 e. The van der Waals surface area contributed by atoms with E-state index in [0.717, 1.165) is 35.0 Å². The second-order valence-corrected chi connectivity index (χ2v) is 9.91. The van der Waals surface area contributed by atoms with Crippen LogP contribution in [0.2, 0.25) is 0 Å². The van der Waals surface area contributed by atoms with Crippen molar-refractivity contribution in [2.45, 2.75) is 44.4 Å². The van der Waals surface area contributed by atoms with Gasteiger partial charge in [-0.15, -0.1) is 0 Å². The van der Waals surface area contributed by atoms with Crippen molar-refractivity contribution in [2.24, 2.45) is 0 Å². The lowest BCUT2D eigenvalue weighted by Gasteiger charge is -2.17. The van der Waals surface area contributed by atoms with E-state index < -0.39 is 5.41 Å². The van der Waals surface area contributed by atoms with Crippen LogP contribution in [0, 0.1) is 0 Å². The van der Waals surface area contributed by atoms with Gasteiger partial charge in [-0.3, -0.25) is 9.59 Å². The first-order chi connectivity index (χ1) is 14.7. The summed E-state index contributed by atoms with van der Waals surface area (Å²) in [5, 5.41) is 3.96. The number of ether oxygens (including phenoxy) is 2. The summed E-state index contributed by atoms with van der Waals surface area (Å²) in [6.45, 7) is 6.55. The van der Waals surface area contributed by atoms with E-state index in [0.29, 0.717) is 22.7 Å². The second kappa shape index (κ2) is 6.83. The molecule has 1 unspecified atom stereocenters. The Balaban J connectivity index is 1.48. The topological polar surface area (TPSA) is 80.4 Å². The number of carbonyl (C=O) groups excluding carboxylic acids is 2. The van der Waals surface area contributed by atoms with Crippen LogP contribution in [0.5, 0.6) is 11.5 Å². The molecule has 0 radical (unpaired) electrons. The van der Waals surface area contributed by atoms with Gasteiger partial charge in [-0.05, 0) is 48.7 Å². The van der Waals surface area contributed by atoms with E-state index in [-0.39, 0.29) is 23.6 Å². The van der Waals surface area contributed by atoms with Gasteiger partial charge in [-0.25, -0.2) is 0 Å². The molecule has 1 aliphatic carbocycles. The van der Waals surface area contributed by atoms with E-state index >= 15 is 0 Å². The fourth-order valence-corrected chi connectivity index (χ4v) is 4.36. The van der Waals surface area contributed by atoms with E-state index in [4.69, 9.17) is 9.47 Å². The predicted octanol–water partition coefficient (Wildman–Crippen LogP) is 4.88. The lowest BCUT2D eigenvalue weighted by molar-refractivity contribution is -0.118. The van der Waals surface area contributed by atoms with Gasteiger partial charge in [0, 0.05) is 27.7 Å². The summed E-state index contributed by atoms with van der Waals surface area (Å²) in [4.78, 5) is 29.0. The maximum absolute atomic E-state index is 13.3. The Kier molecular flexibility index (Phi) is 4.42. The van der Waals surface area contributed by atoms with Gasteiger partial charge in [0.15, 0.2) is 17.0 Å². The number of rotatable bonds is 4. The molecule has 6 nitrogen and oxygen atoms in total. The molecular formula is C24H25N2O4P. The third kappa shape index (κ3) is 3.39. The summed E-state index contributed by atoms with van der Waals surface area (Å²) >= 11 is 0. The van der Waals surface area contributed by atoms with Gasteiger partial charge in [0.2, 0.25) is 12.7 Å². The average Bonchev–Trinajstić information content (AvgIpc) is 3.17. The number of anilines is 1. The normalized spacial score (nSPS) is 16.4. The van der Waals surface area contributed by atoms with Crippen molar-refractivity contribution in [1.29, 1.82) is 0 Å². The Labute approximate surface area is 182 Å². The summed E-state index contributed by atoms with van der Waals surface area (Å²) in [7, 11) is 2.23. The van der Waals surface area contributed by atoms with E-state index in [1.165, 1.54) is 0 Å². The number of aromatic nitrogens is 1. The van der Waals surface area contributed by atoms with Crippen LogP contribution in [-0.2, 0) is 15.6 Å². The number of fused-ring (bicyclic) bond motifs is 2. The molecule has 5 rings (SSSR count). The number of amides is 1. The Morgan fingerprint density at radius 3 is 2.48 bits per heavy atom. The minimum atomic E-state index is -0.574. The predicted molar refractivity (Wildman–Crippen MR) is 123 cm³/mol. The summed E-state index contributed by atoms with van der Waals surface area (Å²) < 4.78 is 10.9. The monoisotopic (exact) mass is 436 g/mol. The molecule has 2 aromatic carbocycles. The molecule has 2 N–H and O–H groups in total. The largest absolute Gasteiger partial charge is 0.454 e. The first-order valence-electron chi connectivity index (χ1n) is 10.4. The molecule has 31 heavy (non-hydrogen) atoms. The number of nitrogens with one attached hydrogen (secondary N) is 2. The summed E-state index contributed by atoms with van der Waals surface area (Å²) in [5.74, 6) is 1.31. The first kappa shape index (κ1) is 20.1. The zero-order chi connectivity index (χ0) is 22.0. The summed E-state index contributed by atoms with van der Waals surface area (Å²) in [6, 6.07) is 11.4. The highest BCUT2D eigenvalue weighted by Crippen LogP contribution is 2.51. The number of benzene rings is 2. The van der Waals surface area contributed by atoms with E-state index in [2.05, 4.69) is 40.3 Å². The van der Waals surface area contributed by atoms with Crippen LogP contribution in [0.1, 0.15) is 55.2 Å². The molecule has 1 aromatic heterocycles. The summed E-state index contributed by atoms with van der Waals surface area (Å²) in [5.41, 5.74) is 3.14. The van der Waals surface area contributed by atoms with Crippen molar-refractivity contribution in [3.05, 3.63) is 53.2 Å². The first-order valence-corrected chi connectivity index (χ1v) is 10.9. The maximum atomic E-state index is 13.3. The van der Waals surface area contributed by atoms with E-state index in [9.17, 15) is 9.59 Å². The number of hydrogen-bond donors (Lipinski definition) is 2. The molecule has 2 aliphatic rings. The van der Waals surface area contributed by atoms with Crippen LogP contribution in [-0.4, -0.2) is 23.2 Å². The Morgan fingerprint density at radius 2 is 1.81 bits per heavy atom. The number of hydrogen-bond acceptors (Lipinski definition) is 4. The number of aromatic amines is 1. The molecule has 3 aromatic rings. The van der Waals surface area contributed by atoms with E-state index in [1.54, 1.807) is 6.07 Å². The number of carbonyl (C=O) groups is 2. The zero-order valence-electron chi connectivity index (χ0n) is 17.8. The third-order valence-corrected chi connectivity index (χ3v) is 6.48. The molecular weight excluding hydrogens is 411 g/mol. The average molecular weight is 436 g/mol. The Hall–Kier alpha value is -2.85. The molecule has 160 valence electrons. The SMILES string of the molecule is CC(C)(C)c1cc2cc(NC(=O)C3(c4ccc5c(c4)OCO5)CC3)cc(C(=O)P)c2[nH]1. The molecule has 7 heteroatoms. The van der Waals surface area contributed by atoms with Crippen molar-refractivity contribution in [3.63, 3.8) is 0 Å². The Bertz CT molecular complexity index is 1230. The molecule has 1 fully saturated rings. The molecule has 1 saturated carbocycles. The highest BCUT2D eigenvalue weighted by Gasteiger charge is 2.51. The van der Waals surface area contributed by atoms with Crippen molar-refractivity contribution >= 4 is 37.3 Å². The molecule has 0 spiro atoms. The fourth-order valence-electron chi connectivity index (χ4n) is 4.13. The van der Waals surface area contributed by atoms with Crippen molar-refractivity contribution < 1.29 is 19.1 Å². The highest BCUT2D eigenvalue weighted by molar-refractivity contribution is 7.41. The second-order valence-electron chi connectivity index (χ2n) is 9.39. The van der Waals surface area contributed by atoms with Gasteiger partial charge in [0.25, 0.3) is 0 Å². The van der Waals surface area contributed by atoms with Crippen molar-refractivity contribution in [1.82, 2.24) is 4.98 Å². The standard InChI is InChI=1S/C24H25N2O4P/c1-23(2,3)19-9-13-8-15(11-16(21(27)31)20(13)26-19)25-22(28)24(6-7-24)14-4-5-17-18(10-14)30-12-29-17/h4-5,8-11,26H,6-7,12,31H2,1-3H3,(H,25,28). The van der Waals surface area contributed by atoms with Gasteiger partial charge in [-0.2, -0.15) is 0 Å². The lowest BCUT2D eigenvalue weighted by atomic mass is 9.92. The van der Waals surface area contributed by atoms with Crippen LogP contribution in [0.25, 0.3) is 10.9 Å². The van der Waals surface area contributed by atoms with Crippen LogP contribution in [0.3, 0.4) is 0 Å². The Morgan fingerprint density at radius 1 is 1.06 bits per heavy atom. The minimum absolute atomic E-state index is 0.0700. The van der Waals surface area contributed by atoms with E-state index in [1.807, 2.05) is 30.3 Å². The van der Waals surface area contributed by atoms with Gasteiger partial charge in [0.05, 0.1) is 10.9 Å². The minimum Gasteiger partial charge on any atom is -0.454 e. The molecule has 2 heterocycles.